The van der Waals surface area contributed by atoms with Crippen molar-refractivity contribution >= 4 is 39.1 Å². The molecule has 122 valence electrons. The molecule has 2 rings (SSSR count). The minimum absolute atomic E-state index is 0.0496. The van der Waals surface area contributed by atoms with Crippen LogP contribution in [0.3, 0.4) is 0 Å². The number of sulfonamides is 1. The molecule has 0 unspecified atom stereocenters. The topological polar surface area (TPSA) is 85.4 Å². The Labute approximate surface area is 143 Å². The SMILES string of the molecule is COc1ccc(C(=O)NS(=O)(=O)c2cccc(C)c2Cl)nc1Cl. The molecule has 0 radical (unpaired) electrons. The Hall–Kier alpha value is -1.83. The van der Waals surface area contributed by atoms with Gasteiger partial charge in [0.1, 0.15) is 10.6 Å². The molecule has 1 amide bonds. The highest BCUT2D eigenvalue weighted by Crippen LogP contribution is 2.25. The first-order valence-electron chi connectivity index (χ1n) is 6.29. The van der Waals surface area contributed by atoms with E-state index in [0.717, 1.165) is 0 Å². The van der Waals surface area contributed by atoms with Crippen LogP contribution in [0.5, 0.6) is 5.75 Å². The van der Waals surface area contributed by atoms with Crippen molar-refractivity contribution in [3.63, 3.8) is 0 Å². The van der Waals surface area contributed by atoms with Crippen LogP contribution >= 0.6 is 23.2 Å². The minimum Gasteiger partial charge on any atom is -0.494 e. The summed E-state index contributed by atoms with van der Waals surface area (Å²) in [5.74, 6) is -0.653. The number of halogens is 2. The predicted molar refractivity (Wildman–Crippen MR) is 86.6 cm³/mol. The third kappa shape index (κ3) is 3.74. The first kappa shape index (κ1) is 17.5. The van der Waals surface area contributed by atoms with Gasteiger partial charge in [-0.3, -0.25) is 4.79 Å². The van der Waals surface area contributed by atoms with Crippen LogP contribution < -0.4 is 9.46 Å². The van der Waals surface area contributed by atoms with Crippen LogP contribution in [0.2, 0.25) is 10.2 Å². The molecule has 1 N–H and O–H groups in total. The van der Waals surface area contributed by atoms with Gasteiger partial charge in [-0.2, -0.15) is 0 Å². The third-order valence-electron chi connectivity index (χ3n) is 2.94. The number of pyridine rings is 1. The van der Waals surface area contributed by atoms with Crippen molar-refractivity contribution in [3.8, 4) is 5.75 Å². The van der Waals surface area contributed by atoms with Gasteiger partial charge in [0.25, 0.3) is 15.9 Å². The maximum atomic E-state index is 12.3. The van der Waals surface area contributed by atoms with Gasteiger partial charge >= 0.3 is 0 Å². The van der Waals surface area contributed by atoms with Gasteiger partial charge in [0, 0.05) is 0 Å². The molecule has 0 spiro atoms. The number of aryl methyl sites for hydroxylation is 1. The summed E-state index contributed by atoms with van der Waals surface area (Å²) in [6, 6.07) is 7.21. The lowest BCUT2D eigenvalue weighted by Gasteiger charge is -2.10. The zero-order valence-electron chi connectivity index (χ0n) is 12.1. The first-order valence-corrected chi connectivity index (χ1v) is 8.53. The zero-order chi connectivity index (χ0) is 17.2. The van der Waals surface area contributed by atoms with E-state index < -0.39 is 15.9 Å². The van der Waals surface area contributed by atoms with Crippen molar-refractivity contribution in [2.45, 2.75) is 11.8 Å². The fraction of sp³-hybridized carbons (Fsp3) is 0.143. The third-order valence-corrected chi connectivity index (χ3v) is 5.20. The van der Waals surface area contributed by atoms with Gasteiger partial charge in [-0.15, -0.1) is 0 Å². The Kier molecular flexibility index (Phi) is 5.13. The van der Waals surface area contributed by atoms with Crippen LogP contribution in [-0.4, -0.2) is 26.4 Å². The summed E-state index contributed by atoms with van der Waals surface area (Å²) in [7, 11) is -2.74. The van der Waals surface area contributed by atoms with Crippen molar-refractivity contribution < 1.29 is 17.9 Å². The molecule has 1 heterocycles. The molecule has 0 aliphatic carbocycles. The molecule has 0 bridgehead atoms. The second-order valence-electron chi connectivity index (χ2n) is 4.51. The quantitative estimate of drug-likeness (QED) is 0.831. The average molecular weight is 375 g/mol. The highest BCUT2D eigenvalue weighted by molar-refractivity contribution is 7.90. The molecule has 6 nitrogen and oxygen atoms in total. The summed E-state index contributed by atoms with van der Waals surface area (Å²) in [6.45, 7) is 1.66. The summed E-state index contributed by atoms with van der Waals surface area (Å²) < 4.78 is 31.4. The van der Waals surface area contributed by atoms with Gasteiger partial charge in [-0.1, -0.05) is 35.3 Å². The van der Waals surface area contributed by atoms with Gasteiger partial charge in [-0.25, -0.2) is 18.1 Å². The van der Waals surface area contributed by atoms with E-state index in [1.165, 1.54) is 31.4 Å². The number of ether oxygens (including phenoxy) is 1. The van der Waals surface area contributed by atoms with Crippen molar-refractivity contribution in [1.29, 1.82) is 0 Å². The summed E-state index contributed by atoms with van der Waals surface area (Å²) in [5.41, 5.74) is 0.413. The van der Waals surface area contributed by atoms with E-state index in [0.29, 0.717) is 5.56 Å². The van der Waals surface area contributed by atoms with Crippen LogP contribution in [0.4, 0.5) is 0 Å². The Bertz CT molecular complexity index is 869. The number of methoxy groups -OCH3 is 1. The standard InChI is InChI=1S/C14H12Cl2N2O4S/c1-8-4-3-5-11(12(8)15)23(20,21)18-14(19)9-6-7-10(22-2)13(16)17-9/h3-7H,1-2H3,(H,18,19). The van der Waals surface area contributed by atoms with Gasteiger partial charge in [-0.05, 0) is 30.7 Å². The van der Waals surface area contributed by atoms with Gasteiger partial charge in [0.05, 0.1) is 12.1 Å². The maximum absolute atomic E-state index is 12.3. The Morgan fingerprint density at radius 2 is 1.91 bits per heavy atom. The second kappa shape index (κ2) is 6.74. The maximum Gasteiger partial charge on any atom is 0.283 e. The first-order chi connectivity index (χ1) is 10.8. The number of carbonyl (C=O) groups is 1. The van der Waals surface area contributed by atoms with Gasteiger partial charge in [0.2, 0.25) is 0 Å². The van der Waals surface area contributed by atoms with E-state index in [4.69, 9.17) is 27.9 Å². The fourth-order valence-corrected chi connectivity index (χ4v) is 3.53. The lowest BCUT2D eigenvalue weighted by Crippen LogP contribution is -2.31. The van der Waals surface area contributed by atoms with Gasteiger partial charge in [0.15, 0.2) is 10.9 Å². The molecular formula is C14H12Cl2N2O4S. The molecule has 0 aliphatic heterocycles. The van der Waals surface area contributed by atoms with E-state index in [1.54, 1.807) is 13.0 Å². The number of rotatable bonds is 4. The normalized spacial score (nSPS) is 11.1. The van der Waals surface area contributed by atoms with Crippen LogP contribution in [0.1, 0.15) is 16.1 Å². The van der Waals surface area contributed by atoms with Crippen molar-refractivity contribution in [3.05, 3.63) is 51.8 Å². The van der Waals surface area contributed by atoms with Crippen molar-refractivity contribution in [1.82, 2.24) is 9.71 Å². The summed E-state index contributed by atoms with van der Waals surface area (Å²) in [4.78, 5) is 15.7. The molecule has 0 aliphatic rings. The molecule has 9 heteroatoms. The molecule has 23 heavy (non-hydrogen) atoms. The largest absolute Gasteiger partial charge is 0.494 e. The van der Waals surface area contributed by atoms with Crippen LogP contribution in [0, 0.1) is 6.92 Å². The molecule has 1 aromatic carbocycles. The summed E-state index contributed by atoms with van der Waals surface area (Å²) in [5, 5.41) is -0.000316. The molecule has 0 saturated carbocycles. The Morgan fingerprint density at radius 1 is 1.22 bits per heavy atom. The van der Waals surface area contributed by atoms with E-state index in [-0.39, 0.29) is 26.5 Å². The Morgan fingerprint density at radius 3 is 2.52 bits per heavy atom. The number of aromatic nitrogens is 1. The molecule has 1 aromatic heterocycles. The molecule has 2 aromatic rings. The van der Waals surface area contributed by atoms with Crippen molar-refractivity contribution in [2.75, 3.05) is 7.11 Å². The van der Waals surface area contributed by atoms with Gasteiger partial charge < -0.3 is 4.74 Å². The molecule has 0 saturated heterocycles. The van der Waals surface area contributed by atoms with E-state index in [2.05, 4.69) is 4.98 Å². The molecular weight excluding hydrogens is 363 g/mol. The highest BCUT2D eigenvalue weighted by Gasteiger charge is 2.23. The number of amides is 1. The summed E-state index contributed by atoms with van der Waals surface area (Å²) >= 11 is 11.8. The monoisotopic (exact) mass is 374 g/mol. The zero-order valence-corrected chi connectivity index (χ0v) is 14.5. The molecule has 0 fully saturated rings. The van der Waals surface area contributed by atoms with Crippen LogP contribution in [0.15, 0.2) is 35.2 Å². The highest BCUT2D eigenvalue weighted by atomic mass is 35.5. The number of nitrogens with zero attached hydrogens (tertiary/aromatic N) is 1. The van der Waals surface area contributed by atoms with E-state index >= 15 is 0 Å². The smallest absolute Gasteiger partial charge is 0.283 e. The molecule has 0 atom stereocenters. The lowest BCUT2D eigenvalue weighted by molar-refractivity contribution is 0.0976. The second-order valence-corrected chi connectivity index (χ2v) is 6.90. The van der Waals surface area contributed by atoms with E-state index in [1.807, 2.05) is 4.72 Å². The summed E-state index contributed by atoms with van der Waals surface area (Å²) in [6.07, 6.45) is 0. The number of nitrogens with one attached hydrogen (secondary N) is 1. The lowest BCUT2D eigenvalue weighted by atomic mass is 10.2. The number of hydrogen-bond acceptors (Lipinski definition) is 5. The van der Waals surface area contributed by atoms with Crippen molar-refractivity contribution in [2.24, 2.45) is 0 Å². The predicted octanol–water partition coefficient (Wildman–Crippen LogP) is 2.82. The number of hydrogen-bond donors (Lipinski definition) is 1. The fourth-order valence-electron chi connectivity index (χ4n) is 1.76. The minimum atomic E-state index is -4.14. The van der Waals surface area contributed by atoms with E-state index in [9.17, 15) is 13.2 Å². The Balaban J connectivity index is 2.32. The van der Waals surface area contributed by atoms with Crippen LogP contribution in [0.25, 0.3) is 0 Å². The number of benzene rings is 1. The average Bonchev–Trinajstić information content (AvgIpc) is 2.49. The number of carbonyl (C=O) groups excluding carboxylic acids is 1. The van der Waals surface area contributed by atoms with Crippen LogP contribution in [-0.2, 0) is 10.0 Å².